The molecule has 3 rings (SSSR count). The fourth-order valence-corrected chi connectivity index (χ4v) is 3.91. The summed E-state index contributed by atoms with van der Waals surface area (Å²) < 4.78 is 0. The van der Waals surface area contributed by atoms with Gasteiger partial charge >= 0.3 is 0 Å². The number of amides is 2. The van der Waals surface area contributed by atoms with E-state index in [1.807, 2.05) is 11.0 Å². The fraction of sp³-hybridized carbons (Fsp3) is 0.440. The Kier molecular flexibility index (Phi) is 7.85. The lowest BCUT2D eigenvalue weighted by atomic mass is 9.90. The van der Waals surface area contributed by atoms with Crippen LogP contribution in [0.1, 0.15) is 65.3 Å². The van der Waals surface area contributed by atoms with Gasteiger partial charge in [0, 0.05) is 30.8 Å². The number of hydrogen-bond acceptors (Lipinski definition) is 2. The summed E-state index contributed by atoms with van der Waals surface area (Å²) in [6.45, 7) is 4.45. The minimum absolute atomic E-state index is 0.0677. The average Bonchev–Trinajstić information content (AvgIpc) is 2.77. The monoisotopic (exact) mass is 392 g/mol. The maximum Gasteiger partial charge on any atom is 0.253 e. The number of nitrogens with zero attached hydrogens (tertiary/aromatic N) is 1. The van der Waals surface area contributed by atoms with Crippen molar-refractivity contribution in [2.75, 3.05) is 19.6 Å². The summed E-state index contributed by atoms with van der Waals surface area (Å²) in [5.41, 5.74) is 2.65. The first-order chi connectivity index (χ1) is 14.2. The van der Waals surface area contributed by atoms with Crippen LogP contribution in [0.15, 0.2) is 54.6 Å². The molecule has 0 saturated carbocycles. The molecule has 0 unspecified atom stereocenters. The van der Waals surface area contributed by atoms with Gasteiger partial charge in [-0.2, -0.15) is 0 Å². The molecule has 4 nitrogen and oxygen atoms in total. The van der Waals surface area contributed by atoms with Gasteiger partial charge in [0.1, 0.15) is 0 Å². The summed E-state index contributed by atoms with van der Waals surface area (Å²) in [5, 5.41) is 2.94. The molecule has 0 aromatic heterocycles. The van der Waals surface area contributed by atoms with Gasteiger partial charge in [-0.05, 0) is 61.4 Å². The predicted molar refractivity (Wildman–Crippen MR) is 117 cm³/mol. The number of benzene rings is 2. The number of carbonyl (C=O) groups is 2. The molecule has 2 aromatic rings. The zero-order chi connectivity index (χ0) is 20.5. The van der Waals surface area contributed by atoms with E-state index in [0.29, 0.717) is 23.6 Å². The van der Waals surface area contributed by atoms with Gasteiger partial charge in [0.2, 0.25) is 0 Å². The molecule has 1 saturated heterocycles. The van der Waals surface area contributed by atoms with E-state index < -0.39 is 0 Å². The van der Waals surface area contributed by atoms with Crippen LogP contribution in [-0.2, 0) is 6.42 Å². The van der Waals surface area contributed by atoms with Crippen LogP contribution < -0.4 is 5.32 Å². The van der Waals surface area contributed by atoms with E-state index in [1.54, 1.807) is 24.3 Å². The third kappa shape index (κ3) is 6.18. The Balaban J connectivity index is 1.47. The second-order valence-electron chi connectivity index (χ2n) is 7.97. The largest absolute Gasteiger partial charge is 0.352 e. The lowest BCUT2D eigenvalue weighted by Gasteiger charge is -2.32. The average molecular weight is 393 g/mol. The third-order valence-electron chi connectivity index (χ3n) is 5.73. The molecule has 0 radical (unpaired) electrons. The molecule has 1 heterocycles. The van der Waals surface area contributed by atoms with E-state index in [0.717, 1.165) is 51.6 Å². The first kappa shape index (κ1) is 21.1. The highest BCUT2D eigenvalue weighted by Gasteiger charge is 2.23. The van der Waals surface area contributed by atoms with Gasteiger partial charge in [-0.25, -0.2) is 0 Å². The van der Waals surface area contributed by atoms with Crippen LogP contribution in [0.4, 0.5) is 0 Å². The highest BCUT2D eigenvalue weighted by Crippen LogP contribution is 2.23. The van der Waals surface area contributed by atoms with E-state index in [4.69, 9.17) is 0 Å². The third-order valence-corrected chi connectivity index (χ3v) is 5.73. The van der Waals surface area contributed by atoms with E-state index >= 15 is 0 Å². The zero-order valence-corrected chi connectivity index (χ0v) is 17.4. The van der Waals surface area contributed by atoms with Gasteiger partial charge in [-0.1, -0.05) is 50.1 Å². The van der Waals surface area contributed by atoms with E-state index in [-0.39, 0.29) is 11.8 Å². The fourth-order valence-electron chi connectivity index (χ4n) is 3.91. The lowest BCUT2D eigenvalue weighted by Crippen LogP contribution is -2.38. The quantitative estimate of drug-likeness (QED) is 0.662. The number of hydrogen-bond donors (Lipinski definition) is 1. The molecule has 0 spiro atoms. The smallest absolute Gasteiger partial charge is 0.253 e. The van der Waals surface area contributed by atoms with Crippen LogP contribution >= 0.6 is 0 Å². The molecule has 4 heteroatoms. The Morgan fingerprint density at radius 2 is 1.59 bits per heavy atom. The molecule has 154 valence electrons. The lowest BCUT2D eigenvalue weighted by molar-refractivity contribution is 0.0690. The minimum Gasteiger partial charge on any atom is -0.352 e. The first-order valence-corrected chi connectivity index (χ1v) is 10.9. The van der Waals surface area contributed by atoms with Crippen LogP contribution in [0, 0.1) is 5.92 Å². The van der Waals surface area contributed by atoms with E-state index in [9.17, 15) is 9.59 Å². The van der Waals surface area contributed by atoms with Crippen molar-refractivity contribution in [2.45, 2.75) is 45.4 Å². The van der Waals surface area contributed by atoms with Crippen molar-refractivity contribution in [1.82, 2.24) is 10.2 Å². The number of likely N-dealkylation sites (tertiary alicyclic amines) is 1. The van der Waals surface area contributed by atoms with E-state index in [1.165, 1.54) is 5.56 Å². The molecule has 1 N–H and O–H groups in total. The Hall–Kier alpha value is -2.62. The molecule has 2 amide bonds. The molecule has 0 aliphatic carbocycles. The van der Waals surface area contributed by atoms with Crippen molar-refractivity contribution in [1.29, 1.82) is 0 Å². The van der Waals surface area contributed by atoms with Gasteiger partial charge in [0.05, 0.1) is 0 Å². The van der Waals surface area contributed by atoms with Gasteiger partial charge in [-0.15, -0.1) is 0 Å². The van der Waals surface area contributed by atoms with Crippen molar-refractivity contribution in [2.24, 2.45) is 5.92 Å². The maximum absolute atomic E-state index is 12.8. The highest BCUT2D eigenvalue weighted by molar-refractivity contribution is 5.97. The number of nitrogens with one attached hydrogen (secondary N) is 1. The Morgan fingerprint density at radius 3 is 2.24 bits per heavy atom. The van der Waals surface area contributed by atoms with Gasteiger partial charge in [0.15, 0.2) is 0 Å². The molecule has 0 bridgehead atoms. The summed E-state index contributed by atoms with van der Waals surface area (Å²) in [6.07, 6.45) is 6.42. The highest BCUT2D eigenvalue weighted by atomic mass is 16.2. The summed E-state index contributed by atoms with van der Waals surface area (Å²) in [5.74, 6) is 0.639. The maximum atomic E-state index is 12.8. The first-order valence-electron chi connectivity index (χ1n) is 10.9. The summed E-state index contributed by atoms with van der Waals surface area (Å²) in [6, 6.07) is 17.6. The van der Waals surface area contributed by atoms with Crippen molar-refractivity contribution in [3.8, 4) is 0 Å². The molecule has 1 aliphatic heterocycles. The number of rotatable bonds is 8. The van der Waals surface area contributed by atoms with Gasteiger partial charge in [0.25, 0.3) is 11.8 Å². The zero-order valence-electron chi connectivity index (χ0n) is 17.4. The molecule has 2 aromatic carbocycles. The topological polar surface area (TPSA) is 49.4 Å². The van der Waals surface area contributed by atoms with Crippen molar-refractivity contribution in [3.05, 3.63) is 71.3 Å². The second kappa shape index (κ2) is 10.8. The molecular formula is C25H32N2O2. The van der Waals surface area contributed by atoms with Crippen LogP contribution in [0.3, 0.4) is 0 Å². The van der Waals surface area contributed by atoms with Gasteiger partial charge in [-0.3, -0.25) is 9.59 Å². The molecular weight excluding hydrogens is 360 g/mol. The van der Waals surface area contributed by atoms with Gasteiger partial charge < -0.3 is 10.2 Å². The number of piperidine rings is 1. The summed E-state index contributed by atoms with van der Waals surface area (Å²) in [4.78, 5) is 26.9. The Bertz CT molecular complexity index is 778. The normalized spacial score (nSPS) is 14.6. The Morgan fingerprint density at radius 1 is 0.931 bits per heavy atom. The van der Waals surface area contributed by atoms with Crippen LogP contribution in [0.5, 0.6) is 0 Å². The van der Waals surface area contributed by atoms with Crippen LogP contribution in [0.2, 0.25) is 0 Å². The second-order valence-corrected chi connectivity index (χ2v) is 7.97. The van der Waals surface area contributed by atoms with Crippen LogP contribution in [-0.4, -0.2) is 36.3 Å². The molecule has 29 heavy (non-hydrogen) atoms. The molecule has 1 fully saturated rings. The van der Waals surface area contributed by atoms with E-state index in [2.05, 4.69) is 36.5 Å². The molecule has 1 aliphatic rings. The number of carbonyl (C=O) groups excluding carboxylic acids is 2. The summed E-state index contributed by atoms with van der Waals surface area (Å²) in [7, 11) is 0. The van der Waals surface area contributed by atoms with Crippen molar-refractivity contribution < 1.29 is 9.59 Å². The van der Waals surface area contributed by atoms with Crippen LogP contribution in [0.25, 0.3) is 0 Å². The predicted octanol–water partition coefficient (Wildman–Crippen LogP) is 4.70. The Labute approximate surface area is 174 Å². The SMILES string of the molecule is CCCCCNC(=O)c1ccc(C(=O)N2CCC(Cc3ccccc3)CC2)cc1. The minimum atomic E-state index is -0.0678. The number of unbranched alkanes of at least 4 members (excludes halogenated alkanes) is 2. The standard InChI is InChI=1S/C25H32N2O2/c1-2-3-7-16-26-24(28)22-10-12-23(13-11-22)25(29)27-17-14-21(15-18-27)19-20-8-5-4-6-9-20/h4-6,8-13,21H,2-3,7,14-19H2,1H3,(H,26,28). The van der Waals surface area contributed by atoms with Crippen molar-refractivity contribution in [3.63, 3.8) is 0 Å². The summed E-state index contributed by atoms with van der Waals surface area (Å²) >= 11 is 0. The van der Waals surface area contributed by atoms with Crippen molar-refractivity contribution >= 4 is 11.8 Å². The molecule has 0 atom stereocenters.